The van der Waals surface area contributed by atoms with Crippen molar-refractivity contribution in [2.24, 2.45) is 0 Å². The number of nitro groups is 1. The van der Waals surface area contributed by atoms with Crippen LogP contribution in [0.5, 0.6) is 5.75 Å². The van der Waals surface area contributed by atoms with Crippen LogP contribution in [0.25, 0.3) is 5.69 Å². The molecule has 1 N–H and O–H groups in total. The molecule has 0 bridgehead atoms. The molecule has 0 atom stereocenters. The third-order valence-corrected chi connectivity index (χ3v) is 2.67. The lowest BCUT2D eigenvalue weighted by Gasteiger charge is -2.06. The Morgan fingerprint density at radius 3 is 2.95 bits per heavy atom. The van der Waals surface area contributed by atoms with E-state index in [1.807, 2.05) is 6.92 Å². The Hall–Kier alpha value is -2.55. The van der Waals surface area contributed by atoms with Crippen LogP contribution < -0.4 is 10.1 Å². The van der Waals surface area contributed by atoms with Crippen LogP contribution in [0.15, 0.2) is 18.2 Å². The van der Waals surface area contributed by atoms with E-state index in [-0.39, 0.29) is 11.4 Å². The molecule has 20 heavy (non-hydrogen) atoms. The van der Waals surface area contributed by atoms with Crippen molar-refractivity contribution in [3.05, 3.63) is 34.1 Å². The van der Waals surface area contributed by atoms with Crippen LogP contribution >= 0.6 is 0 Å². The number of nitro benzene ring substituents is 1. The van der Waals surface area contributed by atoms with Crippen molar-refractivity contribution >= 4 is 5.69 Å². The fourth-order valence-electron chi connectivity index (χ4n) is 1.71. The quantitative estimate of drug-likeness (QED) is 0.611. The van der Waals surface area contributed by atoms with Gasteiger partial charge < -0.3 is 10.1 Å². The molecule has 9 heteroatoms. The molecule has 0 aliphatic heterocycles. The molecule has 0 saturated heterocycles. The molecule has 0 radical (unpaired) electrons. The van der Waals surface area contributed by atoms with Crippen LogP contribution in [-0.4, -0.2) is 38.8 Å². The summed E-state index contributed by atoms with van der Waals surface area (Å²) in [6, 6.07) is 4.56. The molecule has 1 heterocycles. The lowest BCUT2D eigenvalue weighted by atomic mass is 10.2. The Kier molecular flexibility index (Phi) is 4.20. The number of aromatic nitrogens is 4. The summed E-state index contributed by atoms with van der Waals surface area (Å²) in [5.41, 5.74) is 0.380. The van der Waals surface area contributed by atoms with Gasteiger partial charge in [0.25, 0.3) is 0 Å². The second kappa shape index (κ2) is 6.06. The van der Waals surface area contributed by atoms with E-state index in [4.69, 9.17) is 4.74 Å². The summed E-state index contributed by atoms with van der Waals surface area (Å²) in [4.78, 5) is 10.5. The molecule has 0 spiro atoms. The first-order chi connectivity index (χ1) is 9.67. The fourth-order valence-corrected chi connectivity index (χ4v) is 1.71. The Balaban J connectivity index is 2.40. The van der Waals surface area contributed by atoms with Crippen LogP contribution in [0.2, 0.25) is 0 Å². The number of nitrogens with one attached hydrogen (secondary N) is 1. The standard InChI is InChI=1S/C11H14N6O3/c1-3-12-7-11-13-14-15-16(11)8-4-5-10(20-2)9(6-8)17(18)19/h4-6,12H,3,7H2,1-2H3. The van der Waals surface area contributed by atoms with Crippen molar-refractivity contribution in [3.63, 3.8) is 0 Å². The molecule has 0 aliphatic carbocycles. The van der Waals surface area contributed by atoms with E-state index in [1.54, 1.807) is 6.07 Å². The van der Waals surface area contributed by atoms with E-state index >= 15 is 0 Å². The van der Waals surface area contributed by atoms with Crippen molar-refractivity contribution in [3.8, 4) is 11.4 Å². The van der Waals surface area contributed by atoms with Gasteiger partial charge in [-0.2, -0.15) is 4.68 Å². The summed E-state index contributed by atoms with van der Waals surface area (Å²) in [6.07, 6.45) is 0. The average Bonchev–Trinajstić information content (AvgIpc) is 2.92. The van der Waals surface area contributed by atoms with Crippen LogP contribution in [0.3, 0.4) is 0 Å². The summed E-state index contributed by atoms with van der Waals surface area (Å²) in [6.45, 7) is 3.21. The maximum Gasteiger partial charge on any atom is 0.313 e. The van der Waals surface area contributed by atoms with Gasteiger partial charge in [0.1, 0.15) is 0 Å². The highest BCUT2D eigenvalue weighted by molar-refractivity contribution is 5.53. The largest absolute Gasteiger partial charge is 0.490 e. The summed E-state index contributed by atoms with van der Waals surface area (Å²) in [5.74, 6) is 0.770. The topological polar surface area (TPSA) is 108 Å². The molecule has 1 aromatic carbocycles. The second-order valence-corrected chi connectivity index (χ2v) is 3.90. The summed E-state index contributed by atoms with van der Waals surface area (Å²) in [7, 11) is 1.38. The monoisotopic (exact) mass is 278 g/mol. The minimum Gasteiger partial charge on any atom is -0.490 e. The van der Waals surface area contributed by atoms with Crippen molar-refractivity contribution in [1.82, 2.24) is 25.5 Å². The number of hydrogen-bond acceptors (Lipinski definition) is 7. The first-order valence-electron chi connectivity index (χ1n) is 5.98. The molecule has 2 aromatic rings. The van der Waals surface area contributed by atoms with Gasteiger partial charge >= 0.3 is 5.69 Å². The number of ether oxygens (including phenoxy) is 1. The SMILES string of the molecule is CCNCc1nnnn1-c1ccc(OC)c([N+](=O)[O-])c1. The Morgan fingerprint density at radius 1 is 1.50 bits per heavy atom. The summed E-state index contributed by atoms with van der Waals surface area (Å²) in [5, 5.41) is 25.4. The maximum atomic E-state index is 11.0. The lowest BCUT2D eigenvalue weighted by molar-refractivity contribution is -0.385. The number of hydrogen-bond donors (Lipinski definition) is 1. The van der Waals surface area contributed by atoms with Gasteiger partial charge in [-0.3, -0.25) is 10.1 Å². The van der Waals surface area contributed by atoms with E-state index in [0.29, 0.717) is 18.1 Å². The summed E-state index contributed by atoms with van der Waals surface area (Å²) >= 11 is 0. The number of nitrogens with zero attached hydrogens (tertiary/aromatic N) is 5. The third kappa shape index (κ3) is 2.72. The van der Waals surface area contributed by atoms with Crippen molar-refractivity contribution in [2.45, 2.75) is 13.5 Å². The number of rotatable bonds is 6. The molecule has 0 amide bonds. The molecule has 0 fully saturated rings. The van der Waals surface area contributed by atoms with Gasteiger partial charge in [0.05, 0.1) is 24.3 Å². The molecule has 0 saturated carbocycles. The zero-order valence-electron chi connectivity index (χ0n) is 11.1. The van der Waals surface area contributed by atoms with Gasteiger partial charge in [0.15, 0.2) is 11.6 Å². The van der Waals surface area contributed by atoms with Gasteiger partial charge in [-0.05, 0) is 29.1 Å². The van der Waals surface area contributed by atoms with E-state index in [1.165, 1.54) is 23.9 Å². The highest BCUT2D eigenvalue weighted by Crippen LogP contribution is 2.28. The fraction of sp³-hybridized carbons (Fsp3) is 0.364. The smallest absolute Gasteiger partial charge is 0.313 e. The van der Waals surface area contributed by atoms with E-state index in [9.17, 15) is 10.1 Å². The Labute approximate surface area is 114 Å². The third-order valence-electron chi connectivity index (χ3n) is 2.67. The average molecular weight is 278 g/mol. The van der Waals surface area contributed by atoms with E-state index < -0.39 is 4.92 Å². The van der Waals surface area contributed by atoms with Crippen LogP contribution in [-0.2, 0) is 6.54 Å². The summed E-state index contributed by atoms with van der Waals surface area (Å²) < 4.78 is 6.41. The van der Waals surface area contributed by atoms with Crippen LogP contribution in [0.4, 0.5) is 5.69 Å². The molecule has 106 valence electrons. The van der Waals surface area contributed by atoms with Gasteiger partial charge in [0, 0.05) is 6.07 Å². The zero-order valence-corrected chi connectivity index (χ0v) is 11.1. The molecule has 9 nitrogen and oxygen atoms in total. The van der Waals surface area contributed by atoms with Crippen LogP contribution in [0.1, 0.15) is 12.7 Å². The van der Waals surface area contributed by atoms with Crippen molar-refractivity contribution in [2.75, 3.05) is 13.7 Å². The van der Waals surface area contributed by atoms with Gasteiger partial charge in [-0.15, -0.1) is 5.10 Å². The van der Waals surface area contributed by atoms with Gasteiger partial charge in [-0.25, -0.2) is 0 Å². The highest BCUT2D eigenvalue weighted by atomic mass is 16.6. The molecule has 1 aromatic heterocycles. The molecular formula is C11H14N6O3. The van der Waals surface area contributed by atoms with Crippen LogP contribution in [0, 0.1) is 10.1 Å². The number of benzene rings is 1. The Morgan fingerprint density at radius 2 is 2.30 bits per heavy atom. The minimum atomic E-state index is -0.503. The van der Waals surface area contributed by atoms with E-state index in [2.05, 4.69) is 20.8 Å². The normalized spacial score (nSPS) is 10.5. The predicted octanol–water partition coefficient (Wildman–Crippen LogP) is 0.689. The van der Waals surface area contributed by atoms with Gasteiger partial charge in [0.2, 0.25) is 0 Å². The van der Waals surface area contributed by atoms with Gasteiger partial charge in [-0.1, -0.05) is 6.92 Å². The molecular weight excluding hydrogens is 264 g/mol. The lowest BCUT2D eigenvalue weighted by Crippen LogP contribution is -2.16. The molecule has 2 rings (SSSR count). The number of methoxy groups -OCH3 is 1. The predicted molar refractivity (Wildman–Crippen MR) is 69.7 cm³/mol. The first-order valence-corrected chi connectivity index (χ1v) is 5.98. The zero-order chi connectivity index (χ0) is 14.5. The first kappa shape index (κ1) is 13.9. The maximum absolute atomic E-state index is 11.0. The van der Waals surface area contributed by atoms with E-state index in [0.717, 1.165) is 6.54 Å². The highest BCUT2D eigenvalue weighted by Gasteiger charge is 2.17. The van der Waals surface area contributed by atoms with Crippen molar-refractivity contribution in [1.29, 1.82) is 0 Å². The molecule has 0 aliphatic rings. The number of tetrazole rings is 1. The Bertz CT molecular complexity index is 612. The minimum absolute atomic E-state index is 0.130. The van der Waals surface area contributed by atoms with Crippen molar-refractivity contribution < 1.29 is 9.66 Å². The molecule has 0 unspecified atom stereocenters. The second-order valence-electron chi connectivity index (χ2n) is 3.90.